The van der Waals surface area contributed by atoms with Gasteiger partial charge >= 0.3 is 0 Å². The lowest BCUT2D eigenvalue weighted by Crippen LogP contribution is -2.17. The first kappa shape index (κ1) is 13.9. The number of fused-ring (bicyclic) bond motifs is 1. The number of hydrogen-bond donors (Lipinski definition) is 1. The number of halogens is 1. The number of para-hydroxylation sites is 1. The summed E-state index contributed by atoms with van der Waals surface area (Å²) in [5.41, 5.74) is 8.07. The third-order valence-corrected chi connectivity index (χ3v) is 3.75. The lowest BCUT2D eigenvalue weighted by molar-refractivity contribution is 0.225. The second-order valence-electron chi connectivity index (χ2n) is 5.16. The summed E-state index contributed by atoms with van der Waals surface area (Å²) in [6.07, 6.45) is 1.49. The van der Waals surface area contributed by atoms with Crippen molar-refractivity contribution in [3.63, 3.8) is 0 Å². The van der Waals surface area contributed by atoms with Crippen LogP contribution in [0.4, 0.5) is 4.39 Å². The molecule has 0 aromatic heterocycles. The molecule has 1 atom stereocenters. The van der Waals surface area contributed by atoms with Crippen molar-refractivity contribution in [2.45, 2.75) is 18.9 Å². The highest BCUT2D eigenvalue weighted by molar-refractivity contribution is 5.77. The van der Waals surface area contributed by atoms with E-state index in [1.807, 2.05) is 24.3 Å². The molecule has 2 N–H and O–H groups in total. The molecule has 2 aromatic rings. The van der Waals surface area contributed by atoms with Crippen LogP contribution in [0.1, 0.15) is 12.0 Å². The molecule has 0 radical (unpaired) electrons. The van der Waals surface area contributed by atoms with Crippen molar-refractivity contribution in [3.8, 4) is 22.6 Å². The van der Waals surface area contributed by atoms with Crippen LogP contribution < -0.4 is 15.2 Å². The van der Waals surface area contributed by atoms with E-state index in [1.165, 1.54) is 6.07 Å². The summed E-state index contributed by atoms with van der Waals surface area (Å²) in [5.74, 6) is 1.20. The summed E-state index contributed by atoms with van der Waals surface area (Å²) in [5, 5.41) is 0. The average Bonchev–Trinajstić information content (AvgIpc) is 2.89. The zero-order valence-electron chi connectivity index (χ0n) is 11.9. The van der Waals surface area contributed by atoms with Crippen molar-refractivity contribution in [3.05, 3.63) is 47.8 Å². The van der Waals surface area contributed by atoms with Gasteiger partial charge < -0.3 is 15.2 Å². The molecule has 0 aliphatic carbocycles. The molecular weight excluding hydrogens is 269 g/mol. The van der Waals surface area contributed by atoms with E-state index in [1.54, 1.807) is 13.2 Å². The SMILES string of the molecule is COc1ccccc1-c1cc(F)cc2c1OC(CCN)C2. The van der Waals surface area contributed by atoms with Gasteiger partial charge in [0.2, 0.25) is 0 Å². The van der Waals surface area contributed by atoms with Crippen molar-refractivity contribution in [2.75, 3.05) is 13.7 Å². The molecule has 1 aliphatic heterocycles. The maximum absolute atomic E-state index is 13.9. The molecule has 4 heteroatoms. The Morgan fingerprint density at radius 3 is 2.86 bits per heavy atom. The molecule has 0 fully saturated rings. The number of hydrogen-bond acceptors (Lipinski definition) is 3. The predicted molar refractivity (Wildman–Crippen MR) is 80.2 cm³/mol. The van der Waals surface area contributed by atoms with Gasteiger partial charge in [-0.05, 0) is 31.2 Å². The van der Waals surface area contributed by atoms with Gasteiger partial charge in [-0.3, -0.25) is 0 Å². The highest BCUT2D eigenvalue weighted by atomic mass is 19.1. The predicted octanol–water partition coefficient (Wildman–Crippen LogP) is 3.15. The number of nitrogens with two attached hydrogens (primary N) is 1. The van der Waals surface area contributed by atoms with Gasteiger partial charge in [-0.2, -0.15) is 0 Å². The summed E-state index contributed by atoms with van der Waals surface area (Å²) in [7, 11) is 1.61. The largest absolute Gasteiger partial charge is 0.496 e. The van der Waals surface area contributed by atoms with Crippen molar-refractivity contribution >= 4 is 0 Å². The molecule has 2 aromatic carbocycles. The van der Waals surface area contributed by atoms with E-state index in [0.717, 1.165) is 28.9 Å². The first-order chi connectivity index (χ1) is 10.2. The molecule has 3 nitrogen and oxygen atoms in total. The van der Waals surface area contributed by atoms with Crippen LogP contribution in [0.25, 0.3) is 11.1 Å². The first-order valence-corrected chi connectivity index (χ1v) is 7.05. The minimum Gasteiger partial charge on any atom is -0.496 e. The van der Waals surface area contributed by atoms with Gasteiger partial charge in [0.15, 0.2) is 0 Å². The molecule has 1 aliphatic rings. The quantitative estimate of drug-likeness (QED) is 0.939. The van der Waals surface area contributed by atoms with Crippen LogP contribution in [0.15, 0.2) is 36.4 Å². The van der Waals surface area contributed by atoms with E-state index >= 15 is 0 Å². The molecule has 21 heavy (non-hydrogen) atoms. The van der Waals surface area contributed by atoms with Gasteiger partial charge in [0.25, 0.3) is 0 Å². The van der Waals surface area contributed by atoms with Gasteiger partial charge in [0.1, 0.15) is 23.4 Å². The van der Waals surface area contributed by atoms with Crippen LogP contribution in [0, 0.1) is 5.82 Å². The second kappa shape index (κ2) is 5.74. The van der Waals surface area contributed by atoms with E-state index in [-0.39, 0.29) is 11.9 Å². The Bertz CT molecular complexity index is 657. The summed E-state index contributed by atoms with van der Waals surface area (Å²) in [6, 6.07) is 10.6. The maximum Gasteiger partial charge on any atom is 0.131 e. The van der Waals surface area contributed by atoms with Gasteiger partial charge in [0, 0.05) is 23.1 Å². The molecule has 1 unspecified atom stereocenters. The van der Waals surface area contributed by atoms with E-state index in [9.17, 15) is 4.39 Å². The third kappa shape index (κ3) is 2.59. The summed E-state index contributed by atoms with van der Waals surface area (Å²) in [6.45, 7) is 0.561. The fourth-order valence-corrected chi connectivity index (χ4v) is 2.81. The van der Waals surface area contributed by atoms with Gasteiger partial charge in [-0.1, -0.05) is 18.2 Å². The highest BCUT2D eigenvalue weighted by Crippen LogP contribution is 2.43. The van der Waals surface area contributed by atoms with E-state index in [4.69, 9.17) is 15.2 Å². The lowest BCUT2D eigenvalue weighted by atomic mass is 9.99. The van der Waals surface area contributed by atoms with Crippen LogP contribution in [-0.2, 0) is 6.42 Å². The Hall–Kier alpha value is -2.07. The Balaban J connectivity index is 2.09. The molecule has 0 saturated carbocycles. The topological polar surface area (TPSA) is 44.5 Å². The number of benzene rings is 2. The fraction of sp³-hybridized carbons (Fsp3) is 0.294. The van der Waals surface area contributed by atoms with Crippen molar-refractivity contribution in [1.29, 1.82) is 0 Å². The average molecular weight is 287 g/mol. The molecule has 0 saturated heterocycles. The Labute approximate surface area is 123 Å². The molecule has 1 heterocycles. The zero-order valence-corrected chi connectivity index (χ0v) is 11.9. The molecule has 0 spiro atoms. The Morgan fingerprint density at radius 1 is 1.29 bits per heavy atom. The second-order valence-corrected chi connectivity index (χ2v) is 5.16. The molecule has 3 rings (SSSR count). The summed E-state index contributed by atoms with van der Waals surface area (Å²) < 4.78 is 25.3. The minimum atomic E-state index is -0.258. The standard InChI is InChI=1S/C17H18FNO2/c1-20-16-5-3-2-4-14(16)15-10-12(18)8-11-9-13(6-7-19)21-17(11)15/h2-5,8,10,13H,6-7,9,19H2,1H3. The van der Waals surface area contributed by atoms with Crippen LogP contribution in [0.5, 0.6) is 11.5 Å². The highest BCUT2D eigenvalue weighted by Gasteiger charge is 2.27. The molecular formula is C17H18FNO2. The molecule has 0 bridgehead atoms. The number of methoxy groups -OCH3 is 1. The Kier molecular flexibility index (Phi) is 3.80. The summed E-state index contributed by atoms with van der Waals surface area (Å²) >= 11 is 0. The van der Waals surface area contributed by atoms with E-state index in [2.05, 4.69) is 0 Å². The van der Waals surface area contributed by atoms with Gasteiger partial charge in [-0.15, -0.1) is 0 Å². The third-order valence-electron chi connectivity index (χ3n) is 3.75. The first-order valence-electron chi connectivity index (χ1n) is 7.05. The normalized spacial score (nSPS) is 16.4. The van der Waals surface area contributed by atoms with Gasteiger partial charge in [0.05, 0.1) is 7.11 Å². The molecule has 110 valence electrons. The van der Waals surface area contributed by atoms with Crippen LogP contribution in [0.2, 0.25) is 0 Å². The van der Waals surface area contributed by atoms with Gasteiger partial charge in [-0.25, -0.2) is 4.39 Å². The van der Waals surface area contributed by atoms with Crippen molar-refractivity contribution in [1.82, 2.24) is 0 Å². The fourth-order valence-electron chi connectivity index (χ4n) is 2.81. The van der Waals surface area contributed by atoms with Crippen LogP contribution in [0.3, 0.4) is 0 Å². The monoisotopic (exact) mass is 287 g/mol. The zero-order chi connectivity index (χ0) is 14.8. The lowest BCUT2D eigenvalue weighted by Gasteiger charge is -2.14. The number of ether oxygens (including phenoxy) is 2. The van der Waals surface area contributed by atoms with Crippen LogP contribution >= 0.6 is 0 Å². The Morgan fingerprint density at radius 2 is 2.10 bits per heavy atom. The van der Waals surface area contributed by atoms with E-state index < -0.39 is 0 Å². The smallest absolute Gasteiger partial charge is 0.131 e. The maximum atomic E-state index is 13.9. The minimum absolute atomic E-state index is 0.0280. The van der Waals surface area contributed by atoms with Crippen LogP contribution in [-0.4, -0.2) is 19.8 Å². The number of rotatable bonds is 4. The molecule has 0 amide bonds. The van der Waals surface area contributed by atoms with Crippen molar-refractivity contribution < 1.29 is 13.9 Å². The van der Waals surface area contributed by atoms with E-state index in [0.29, 0.717) is 18.7 Å². The summed E-state index contributed by atoms with van der Waals surface area (Å²) in [4.78, 5) is 0. The van der Waals surface area contributed by atoms with Crippen molar-refractivity contribution in [2.24, 2.45) is 5.73 Å².